The van der Waals surface area contributed by atoms with E-state index in [0.717, 1.165) is 4.90 Å². The van der Waals surface area contributed by atoms with Crippen LogP contribution in [0, 0.1) is 0 Å². The quantitative estimate of drug-likeness (QED) is 0.237. The molecule has 1 heterocycles. The summed E-state index contributed by atoms with van der Waals surface area (Å²) in [6, 6.07) is 28.1. The number of imide groups is 1. The molecule has 9 heteroatoms. The number of rotatable bonds is 9. The van der Waals surface area contributed by atoms with Crippen LogP contribution < -0.4 is 20.1 Å². The number of nitrogens with zero attached hydrogens (tertiary/aromatic N) is 1. The van der Waals surface area contributed by atoms with Gasteiger partial charge in [-0.1, -0.05) is 66.7 Å². The number of nitrogens with one attached hydrogen (secondary N) is 2. The van der Waals surface area contributed by atoms with Gasteiger partial charge in [0.1, 0.15) is 18.0 Å². The fourth-order valence-corrected chi connectivity index (χ4v) is 4.83. The van der Waals surface area contributed by atoms with Crippen molar-refractivity contribution in [3.8, 4) is 11.5 Å². The Morgan fingerprint density at radius 3 is 1.85 bits per heavy atom. The highest BCUT2D eigenvalue weighted by molar-refractivity contribution is 6.15. The number of methoxy groups -OCH3 is 2. The van der Waals surface area contributed by atoms with E-state index in [9.17, 15) is 19.2 Å². The minimum atomic E-state index is -1.59. The summed E-state index contributed by atoms with van der Waals surface area (Å²) < 4.78 is 10.5. The van der Waals surface area contributed by atoms with Crippen molar-refractivity contribution in [2.24, 2.45) is 0 Å². The van der Waals surface area contributed by atoms with Gasteiger partial charge in [0.25, 0.3) is 5.91 Å². The van der Waals surface area contributed by atoms with E-state index in [4.69, 9.17) is 9.47 Å². The zero-order chi connectivity index (χ0) is 29.0. The first-order valence-electron chi connectivity index (χ1n) is 12.8. The van der Waals surface area contributed by atoms with Gasteiger partial charge in [0.15, 0.2) is 11.3 Å². The van der Waals surface area contributed by atoms with Crippen LogP contribution in [0.3, 0.4) is 0 Å². The van der Waals surface area contributed by atoms with Crippen molar-refractivity contribution in [1.29, 1.82) is 0 Å². The third-order valence-corrected chi connectivity index (χ3v) is 6.94. The largest absolute Gasteiger partial charge is 0.497 e. The number of amides is 4. The average Bonchev–Trinajstić information content (AvgIpc) is 3.27. The Bertz CT molecular complexity index is 1550. The molecule has 0 unspecified atom stereocenters. The molecule has 1 saturated heterocycles. The second kappa shape index (κ2) is 11.4. The molecule has 9 nitrogen and oxygen atoms in total. The molecule has 5 rings (SSSR count). The summed E-state index contributed by atoms with van der Waals surface area (Å²) in [5.74, 6) is -0.371. The predicted molar refractivity (Wildman–Crippen MR) is 152 cm³/mol. The maximum Gasteiger partial charge on any atom is 0.326 e. The maximum atomic E-state index is 14.0. The van der Waals surface area contributed by atoms with Crippen LogP contribution in [0.5, 0.6) is 11.5 Å². The molecule has 41 heavy (non-hydrogen) atoms. The maximum absolute atomic E-state index is 14.0. The third kappa shape index (κ3) is 5.12. The van der Waals surface area contributed by atoms with E-state index in [2.05, 4.69) is 10.6 Å². The summed E-state index contributed by atoms with van der Waals surface area (Å²) in [5.41, 5.74) is 0.418. The molecule has 4 amide bonds. The Kier molecular flexibility index (Phi) is 7.51. The van der Waals surface area contributed by atoms with Gasteiger partial charge in [-0.3, -0.25) is 19.3 Å². The van der Waals surface area contributed by atoms with E-state index in [-0.39, 0.29) is 17.0 Å². The van der Waals surface area contributed by atoms with E-state index in [1.54, 1.807) is 103 Å². The number of para-hydroxylation sites is 1. The predicted octanol–water partition coefficient (Wildman–Crippen LogP) is 4.37. The Hall–Kier alpha value is -5.44. The van der Waals surface area contributed by atoms with Crippen molar-refractivity contribution >= 4 is 29.3 Å². The highest BCUT2D eigenvalue weighted by atomic mass is 16.5. The molecule has 1 aliphatic rings. The van der Waals surface area contributed by atoms with Gasteiger partial charge in [-0.25, -0.2) is 4.79 Å². The minimum absolute atomic E-state index is 0.269. The molecule has 0 bridgehead atoms. The topological polar surface area (TPSA) is 114 Å². The van der Waals surface area contributed by atoms with Gasteiger partial charge in [-0.15, -0.1) is 0 Å². The number of carbonyl (C=O) groups excluding carboxylic acids is 4. The van der Waals surface area contributed by atoms with Crippen LogP contribution >= 0.6 is 0 Å². The summed E-state index contributed by atoms with van der Waals surface area (Å²) in [7, 11) is 3.06. The number of ketones is 1. The lowest BCUT2D eigenvalue weighted by Gasteiger charge is -2.28. The van der Waals surface area contributed by atoms with Gasteiger partial charge in [0.05, 0.1) is 19.9 Å². The lowest BCUT2D eigenvalue weighted by atomic mass is 9.82. The molecule has 2 N–H and O–H groups in total. The fraction of sp³-hybridized carbons (Fsp3) is 0.125. The van der Waals surface area contributed by atoms with Crippen molar-refractivity contribution < 1.29 is 28.7 Å². The SMILES string of the molecule is COc1ccc(C2(c3ccc(OC)cc3)NC(=O)N(CC(=O)Nc3ccccc3C(=O)c3ccccc3)C2=O)cc1. The van der Waals surface area contributed by atoms with Crippen LogP contribution in [0.15, 0.2) is 103 Å². The molecular weight excluding hydrogens is 522 g/mol. The fourth-order valence-electron chi connectivity index (χ4n) is 4.83. The van der Waals surface area contributed by atoms with E-state index in [1.807, 2.05) is 0 Å². The average molecular weight is 550 g/mol. The van der Waals surface area contributed by atoms with Crippen LogP contribution in [-0.2, 0) is 15.1 Å². The van der Waals surface area contributed by atoms with Crippen LogP contribution in [0.2, 0.25) is 0 Å². The second-order valence-corrected chi connectivity index (χ2v) is 9.32. The first-order valence-corrected chi connectivity index (χ1v) is 12.8. The number of benzene rings is 4. The van der Waals surface area contributed by atoms with Crippen molar-refractivity contribution in [3.63, 3.8) is 0 Å². The number of ether oxygens (including phenoxy) is 2. The van der Waals surface area contributed by atoms with E-state index in [0.29, 0.717) is 28.2 Å². The zero-order valence-electron chi connectivity index (χ0n) is 22.4. The van der Waals surface area contributed by atoms with Gasteiger partial charge >= 0.3 is 6.03 Å². The molecule has 4 aromatic carbocycles. The Balaban J connectivity index is 1.43. The normalized spacial score (nSPS) is 13.9. The highest BCUT2D eigenvalue weighted by Crippen LogP contribution is 2.37. The molecule has 1 aliphatic heterocycles. The van der Waals surface area contributed by atoms with E-state index < -0.39 is 29.9 Å². The molecule has 4 aromatic rings. The summed E-state index contributed by atoms with van der Waals surface area (Å²) in [4.78, 5) is 54.4. The Labute approximate surface area is 236 Å². The molecule has 0 aromatic heterocycles. The lowest BCUT2D eigenvalue weighted by Crippen LogP contribution is -2.45. The van der Waals surface area contributed by atoms with Crippen LogP contribution in [0.4, 0.5) is 10.5 Å². The van der Waals surface area contributed by atoms with Crippen LogP contribution in [0.1, 0.15) is 27.0 Å². The number of anilines is 1. The molecule has 0 spiro atoms. The van der Waals surface area contributed by atoms with Crippen molar-refractivity contribution in [2.75, 3.05) is 26.1 Å². The summed E-state index contributed by atoms with van der Waals surface area (Å²) >= 11 is 0. The van der Waals surface area contributed by atoms with Crippen LogP contribution in [-0.4, -0.2) is 49.3 Å². The molecule has 206 valence electrons. The summed E-state index contributed by atoms with van der Waals surface area (Å²) in [5, 5.41) is 5.52. The van der Waals surface area contributed by atoms with Crippen molar-refractivity contribution in [1.82, 2.24) is 10.2 Å². The van der Waals surface area contributed by atoms with Crippen molar-refractivity contribution in [2.45, 2.75) is 5.54 Å². The van der Waals surface area contributed by atoms with Crippen LogP contribution in [0.25, 0.3) is 0 Å². The van der Waals surface area contributed by atoms with Crippen molar-refractivity contribution in [3.05, 3.63) is 125 Å². The van der Waals surface area contributed by atoms with Gasteiger partial charge < -0.3 is 20.1 Å². The summed E-state index contributed by atoms with van der Waals surface area (Å²) in [6.45, 7) is -0.563. The Morgan fingerprint density at radius 1 is 0.756 bits per heavy atom. The monoisotopic (exact) mass is 549 g/mol. The number of hydrogen-bond acceptors (Lipinski definition) is 6. The van der Waals surface area contributed by atoms with Gasteiger partial charge in [-0.05, 0) is 47.5 Å². The third-order valence-electron chi connectivity index (χ3n) is 6.94. The molecular formula is C32H27N3O6. The molecule has 0 saturated carbocycles. The number of hydrogen-bond donors (Lipinski definition) is 2. The van der Waals surface area contributed by atoms with Gasteiger partial charge in [-0.2, -0.15) is 0 Å². The standard InChI is InChI=1S/C32H27N3O6/c1-40-24-16-12-22(13-17-24)32(23-14-18-25(41-2)19-15-23)30(38)35(31(39)34-32)20-28(36)33-27-11-7-6-10-26(27)29(37)21-8-4-3-5-9-21/h3-19H,20H2,1-2H3,(H,33,36)(H,34,39). The lowest BCUT2D eigenvalue weighted by molar-refractivity contribution is -0.133. The molecule has 1 fully saturated rings. The minimum Gasteiger partial charge on any atom is -0.497 e. The van der Waals surface area contributed by atoms with E-state index in [1.165, 1.54) is 14.2 Å². The molecule has 0 radical (unpaired) electrons. The van der Waals surface area contributed by atoms with Gasteiger partial charge in [0, 0.05) is 11.1 Å². The zero-order valence-corrected chi connectivity index (χ0v) is 22.4. The second-order valence-electron chi connectivity index (χ2n) is 9.32. The Morgan fingerprint density at radius 2 is 1.29 bits per heavy atom. The summed E-state index contributed by atoms with van der Waals surface area (Å²) in [6.07, 6.45) is 0. The molecule has 0 aliphatic carbocycles. The number of urea groups is 1. The van der Waals surface area contributed by atoms with E-state index >= 15 is 0 Å². The first kappa shape index (κ1) is 27.1. The smallest absolute Gasteiger partial charge is 0.326 e. The number of carbonyl (C=O) groups is 4. The first-order chi connectivity index (χ1) is 19.9. The van der Waals surface area contributed by atoms with Gasteiger partial charge in [0.2, 0.25) is 5.91 Å². The highest BCUT2D eigenvalue weighted by Gasteiger charge is 2.54. The molecule has 0 atom stereocenters.